The molecule has 0 bridgehead atoms. The third-order valence-electron chi connectivity index (χ3n) is 1.95. The molecule has 0 saturated carbocycles. The number of esters is 1. The highest BCUT2D eigenvalue weighted by Gasteiger charge is 2.14. The van der Waals surface area contributed by atoms with Gasteiger partial charge < -0.3 is 9.84 Å². The molecule has 1 heterocycles. The summed E-state index contributed by atoms with van der Waals surface area (Å²) in [6.07, 6.45) is 2.40. The Morgan fingerprint density at radius 1 is 1.79 bits per heavy atom. The predicted octanol–water partition coefficient (Wildman–Crippen LogP) is 0.499. The molecule has 0 aliphatic heterocycles. The van der Waals surface area contributed by atoms with Crippen molar-refractivity contribution < 1.29 is 14.6 Å². The molecule has 78 valence electrons. The van der Waals surface area contributed by atoms with Gasteiger partial charge in [0, 0.05) is 18.3 Å². The Hall–Kier alpha value is -1.36. The van der Waals surface area contributed by atoms with E-state index in [0.29, 0.717) is 5.56 Å². The van der Waals surface area contributed by atoms with Crippen molar-refractivity contribution in [3.63, 3.8) is 0 Å². The summed E-state index contributed by atoms with van der Waals surface area (Å²) in [5.74, 6) is -0.429. The smallest absolute Gasteiger partial charge is 0.308 e. The average molecular weight is 198 g/mol. The zero-order valence-electron chi connectivity index (χ0n) is 8.30. The molecular formula is C9H14N2O3. The van der Waals surface area contributed by atoms with Gasteiger partial charge in [0.2, 0.25) is 0 Å². The van der Waals surface area contributed by atoms with Crippen LogP contribution < -0.4 is 0 Å². The van der Waals surface area contributed by atoms with E-state index < -0.39 is 12.1 Å². The van der Waals surface area contributed by atoms with Gasteiger partial charge in [-0.1, -0.05) is 0 Å². The summed E-state index contributed by atoms with van der Waals surface area (Å²) in [6.45, 7) is 2.69. The van der Waals surface area contributed by atoms with Crippen LogP contribution in [0.4, 0.5) is 0 Å². The maximum Gasteiger partial charge on any atom is 0.308 e. The van der Waals surface area contributed by atoms with Crippen LogP contribution in [0.25, 0.3) is 0 Å². The topological polar surface area (TPSA) is 64.4 Å². The summed E-state index contributed by atoms with van der Waals surface area (Å²) in [6, 6.07) is 0. The number of aryl methyl sites for hydroxylation is 1. The zero-order valence-corrected chi connectivity index (χ0v) is 8.30. The van der Waals surface area contributed by atoms with Crippen LogP contribution in [0.1, 0.15) is 25.0 Å². The number of aliphatic hydroxyl groups excluding tert-OH is 1. The van der Waals surface area contributed by atoms with E-state index in [2.05, 4.69) is 9.84 Å². The minimum atomic E-state index is -0.831. The Kier molecular flexibility index (Phi) is 3.64. The van der Waals surface area contributed by atoms with Crippen LogP contribution in [0.15, 0.2) is 12.4 Å². The minimum absolute atomic E-state index is 0.0358. The molecule has 0 spiro atoms. The van der Waals surface area contributed by atoms with Gasteiger partial charge in [-0.25, -0.2) is 0 Å². The van der Waals surface area contributed by atoms with Crippen LogP contribution in [0.2, 0.25) is 0 Å². The van der Waals surface area contributed by atoms with Crippen LogP contribution >= 0.6 is 0 Å². The maximum absolute atomic E-state index is 10.9. The van der Waals surface area contributed by atoms with Gasteiger partial charge >= 0.3 is 5.97 Å². The third-order valence-corrected chi connectivity index (χ3v) is 1.95. The number of ether oxygens (including phenoxy) is 1. The number of hydrogen-bond donors (Lipinski definition) is 1. The van der Waals surface area contributed by atoms with Crippen molar-refractivity contribution in [2.24, 2.45) is 0 Å². The van der Waals surface area contributed by atoms with Crippen LogP contribution in [0, 0.1) is 0 Å². The molecule has 1 atom stereocenters. The van der Waals surface area contributed by atoms with Crippen LogP contribution in [0.3, 0.4) is 0 Å². The first-order valence-electron chi connectivity index (χ1n) is 4.44. The molecule has 1 aromatic heterocycles. The normalized spacial score (nSPS) is 12.5. The molecule has 5 heteroatoms. The molecule has 1 aromatic rings. The fraction of sp³-hybridized carbons (Fsp3) is 0.556. The van der Waals surface area contributed by atoms with Crippen molar-refractivity contribution in [2.45, 2.75) is 26.0 Å². The molecule has 5 nitrogen and oxygen atoms in total. The van der Waals surface area contributed by atoms with E-state index in [9.17, 15) is 9.90 Å². The third kappa shape index (κ3) is 2.56. The van der Waals surface area contributed by atoms with Gasteiger partial charge in [-0.2, -0.15) is 5.10 Å². The Bertz CT molecular complexity index is 309. The molecule has 0 aliphatic carbocycles. The van der Waals surface area contributed by atoms with Crippen molar-refractivity contribution in [2.75, 3.05) is 7.11 Å². The Morgan fingerprint density at radius 2 is 2.50 bits per heavy atom. The minimum Gasteiger partial charge on any atom is -0.469 e. The number of aromatic nitrogens is 2. The van der Waals surface area contributed by atoms with E-state index in [1.54, 1.807) is 17.1 Å². The van der Waals surface area contributed by atoms with E-state index in [0.717, 1.165) is 6.54 Å². The number of hydrogen-bond acceptors (Lipinski definition) is 4. The molecule has 0 radical (unpaired) electrons. The van der Waals surface area contributed by atoms with E-state index in [-0.39, 0.29) is 6.42 Å². The lowest BCUT2D eigenvalue weighted by Gasteiger charge is -2.05. The zero-order chi connectivity index (χ0) is 10.6. The monoisotopic (exact) mass is 198 g/mol. The summed E-state index contributed by atoms with van der Waals surface area (Å²) < 4.78 is 6.14. The second kappa shape index (κ2) is 4.76. The summed E-state index contributed by atoms with van der Waals surface area (Å²) in [5.41, 5.74) is 0.636. The molecule has 0 aliphatic rings. The highest BCUT2D eigenvalue weighted by molar-refractivity contribution is 5.69. The highest BCUT2D eigenvalue weighted by Crippen LogP contribution is 2.15. The first kappa shape index (κ1) is 10.7. The van der Waals surface area contributed by atoms with Crippen molar-refractivity contribution in [1.29, 1.82) is 0 Å². The molecule has 0 amide bonds. The number of rotatable bonds is 4. The van der Waals surface area contributed by atoms with Crippen molar-refractivity contribution in [3.8, 4) is 0 Å². The van der Waals surface area contributed by atoms with Crippen LogP contribution in [0.5, 0.6) is 0 Å². The van der Waals surface area contributed by atoms with E-state index >= 15 is 0 Å². The van der Waals surface area contributed by atoms with Gasteiger partial charge in [-0.15, -0.1) is 0 Å². The molecule has 0 aromatic carbocycles. The SMILES string of the molecule is CCn1cc(C(O)CC(=O)OC)cn1. The summed E-state index contributed by atoms with van der Waals surface area (Å²) >= 11 is 0. The van der Waals surface area contributed by atoms with Crippen molar-refractivity contribution >= 4 is 5.97 Å². The number of carbonyl (C=O) groups excluding carboxylic acids is 1. The fourth-order valence-corrected chi connectivity index (χ4v) is 1.08. The lowest BCUT2D eigenvalue weighted by Crippen LogP contribution is -2.07. The Balaban J connectivity index is 2.60. The van der Waals surface area contributed by atoms with Gasteiger partial charge in [0.25, 0.3) is 0 Å². The van der Waals surface area contributed by atoms with E-state index in [1.165, 1.54) is 7.11 Å². The largest absolute Gasteiger partial charge is 0.469 e. The number of carbonyl (C=O) groups is 1. The second-order valence-electron chi connectivity index (χ2n) is 2.93. The molecule has 1 N–H and O–H groups in total. The Labute approximate surface area is 82.3 Å². The predicted molar refractivity (Wildman–Crippen MR) is 49.5 cm³/mol. The highest BCUT2D eigenvalue weighted by atomic mass is 16.5. The number of methoxy groups -OCH3 is 1. The summed E-state index contributed by atoms with van der Waals surface area (Å²) in [7, 11) is 1.30. The molecular weight excluding hydrogens is 184 g/mol. The molecule has 0 saturated heterocycles. The van der Waals surface area contributed by atoms with Gasteiger partial charge in [0.05, 0.1) is 25.8 Å². The lowest BCUT2D eigenvalue weighted by molar-refractivity contribution is -0.142. The standard InChI is InChI=1S/C9H14N2O3/c1-3-11-6-7(5-10-11)8(12)4-9(13)14-2/h5-6,8,12H,3-4H2,1-2H3. The quantitative estimate of drug-likeness (QED) is 0.715. The van der Waals surface area contributed by atoms with Crippen LogP contribution in [-0.2, 0) is 16.1 Å². The fourth-order valence-electron chi connectivity index (χ4n) is 1.08. The summed E-state index contributed by atoms with van der Waals surface area (Å²) in [4.78, 5) is 10.9. The first-order chi connectivity index (χ1) is 6.67. The summed E-state index contributed by atoms with van der Waals surface area (Å²) in [5, 5.41) is 13.6. The number of nitrogens with zero attached hydrogens (tertiary/aromatic N) is 2. The van der Waals surface area contributed by atoms with Gasteiger partial charge in [0.1, 0.15) is 0 Å². The van der Waals surface area contributed by atoms with E-state index in [4.69, 9.17) is 0 Å². The first-order valence-corrected chi connectivity index (χ1v) is 4.44. The maximum atomic E-state index is 10.9. The molecule has 0 fully saturated rings. The second-order valence-corrected chi connectivity index (χ2v) is 2.93. The van der Waals surface area contributed by atoms with Crippen molar-refractivity contribution in [1.82, 2.24) is 9.78 Å². The van der Waals surface area contributed by atoms with Gasteiger partial charge in [0.15, 0.2) is 0 Å². The average Bonchev–Trinajstić information content (AvgIpc) is 2.65. The lowest BCUT2D eigenvalue weighted by atomic mass is 10.1. The van der Waals surface area contributed by atoms with Gasteiger partial charge in [-0.3, -0.25) is 9.48 Å². The van der Waals surface area contributed by atoms with Crippen LogP contribution in [-0.4, -0.2) is 28.0 Å². The van der Waals surface area contributed by atoms with Gasteiger partial charge in [-0.05, 0) is 6.92 Å². The Morgan fingerprint density at radius 3 is 3.00 bits per heavy atom. The van der Waals surface area contributed by atoms with Crippen molar-refractivity contribution in [3.05, 3.63) is 18.0 Å². The van der Waals surface area contributed by atoms with E-state index in [1.807, 2.05) is 6.92 Å². The molecule has 1 unspecified atom stereocenters. The molecule has 1 rings (SSSR count). The number of aliphatic hydroxyl groups is 1. The molecule has 14 heavy (non-hydrogen) atoms.